The Hall–Kier alpha value is -2.95. The molecule has 5 heteroatoms. The molecule has 0 N–H and O–H groups in total. The second-order valence-electron chi connectivity index (χ2n) is 7.05. The quantitative estimate of drug-likeness (QED) is 0.747. The molecular formula is C22H25N3O2. The van der Waals surface area contributed by atoms with Crippen molar-refractivity contribution in [1.82, 2.24) is 9.47 Å². The van der Waals surface area contributed by atoms with Crippen molar-refractivity contribution in [3.63, 3.8) is 0 Å². The van der Waals surface area contributed by atoms with Crippen molar-refractivity contribution < 1.29 is 9.74 Å². The van der Waals surface area contributed by atoms with Crippen LogP contribution in [0.5, 0.6) is 0 Å². The number of rotatable bonds is 4. The number of benzene rings is 1. The van der Waals surface area contributed by atoms with E-state index in [-0.39, 0.29) is 6.04 Å². The van der Waals surface area contributed by atoms with Crippen LogP contribution in [0.2, 0.25) is 0 Å². The molecule has 140 valence electrons. The van der Waals surface area contributed by atoms with E-state index in [0.29, 0.717) is 16.5 Å². The van der Waals surface area contributed by atoms with Crippen LogP contribution < -0.4 is 0 Å². The maximum absolute atomic E-state index is 12.8. The fraction of sp³-hybridized carbons (Fsp3) is 0.318. The fourth-order valence-corrected chi connectivity index (χ4v) is 4.06. The highest BCUT2D eigenvalue weighted by molar-refractivity contribution is 6.06. The molecule has 3 heterocycles. The van der Waals surface area contributed by atoms with Gasteiger partial charge in [-0.2, -0.15) is 0 Å². The van der Waals surface area contributed by atoms with Gasteiger partial charge in [0.1, 0.15) is 11.9 Å². The molecule has 0 saturated carbocycles. The second-order valence-corrected chi connectivity index (χ2v) is 7.05. The smallest absolute Gasteiger partial charge is 0.275 e. The Morgan fingerprint density at radius 3 is 2.48 bits per heavy atom. The molecule has 5 nitrogen and oxygen atoms in total. The standard InChI is InChI=1S/C22H25N3O2/c1-5-23(6-2)22-16(4)21-20(25(26)27-22)15(3)12-19-13-18(14-24(19)21)17-10-8-7-9-11-17/h7-14,21H,5-6H2,1-4H3. The van der Waals surface area contributed by atoms with Crippen molar-refractivity contribution in [3.05, 3.63) is 70.5 Å². The lowest BCUT2D eigenvalue weighted by Crippen LogP contribution is -2.40. The van der Waals surface area contributed by atoms with E-state index in [1.54, 1.807) is 0 Å². The molecule has 2 aliphatic rings. The summed E-state index contributed by atoms with van der Waals surface area (Å²) in [6.07, 6.45) is 4.20. The molecule has 1 atom stereocenters. The second kappa shape index (κ2) is 6.65. The van der Waals surface area contributed by atoms with E-state index in [2.05, 4.69) is 60.7 Å². The van der Waals surface area contributed by atoms with Crippen LogP contribution in [0.4, 0.5) is 0 Å². The zero-order valence-corrected chi connectivity index (χ0v) is 16.3. The number of allylic oxidation sites excluding steroid dienone is 2. The summed E-state index contributed by atoms with van der Waals surface area (Å²) in [5, 5.41) is 12.8. The maximum atomic E-state index is 12.8. The van der Waals surface area contributed by atoms with Crippen LogP contribution in [0.15, 0.2) is 59.6 Å². The van der Waals surface area contributed by atoms with Crippen molar-refractivity contribution >= 4 is 11.8 Å². The summed E-state index contributed by atoms with van der Waals surface area (Å²) in [6, 6.07) is 12.4. The molecule has 1 aromatic carbocycles. The van der Waals surface area contributed by atoms with Gasteiger partial charge in [-0.1, -0.05) is 30.3 Å². The third-order valence-corrected chi connectivity index (χ3v) is 5.46. The van der Waals surface area contributed by atoms with E-state index in [9.17, 15) is 5.21 Å². The number of hydrogen-bond acceptors (Lipinski definition) is 3. The molecule has 0 fully saturated rings. The van der Waals surface area contributed by atoms with Gasteiger partial charge in [0.2, 0.25) is 0 Å². The monoisotopic (exact) mass is 363 g/mol. The highest BCUT2D eigenvalue weighted by Crippen LogP contribution is 2.38. The predicted molar refractivity (Wildman–Crippen MR) is 108 cm³/mol. The summed E-state index contributed by atoms with van der Waals surface area (Å²) in [6.45, 7) is 9.77. The zero-order chi connectivity index (χ0) is 19.1. The van der Waals surface area contributed by atoms with E-state index in [4.69, 9.17) is 4.84 Å². The molecule has 0 bridgehead atoms. The van der Waals surface area contributed by atoms with Crippen LogP contribution in [0.25, 0.3) is 17.2 Å². The topological polar surface area (TPSA) is 43.5 Å². The minimum absolute atomic E-state index is 0.149. The number of nitrogens with zero attached hydrogens (tertiary/aromatic N) is 3. The van der Waals surface area contributed by atoms with Crippen molar-refractivity contribution in [2.24, 2.45) is 0 Å². The Kier molecular flexibility index (Phi) is 4.30. The lowest BCUT2D eigenvalue weighted by Gasteiger charge is -2.36. The first kappa shape index (κ1) is 17.5. The van der Waals surface area contributed by atoms with Crippen LogP contribution in [0.3, 0.4) is 0 Å². The van der Waals surface area contributed by atoms with Gasteiger partial charge < -0.3 is 14.3 Å². The van der Waals surface area contributed by atoms with Gasteiger partial charge in [-0.25, -0.2) is 0 Å². The minimum atomic E-state index is -0.149. The van der Waals surface area contributed by atoms with Gasteiger partial charge in [-0.05, 0) is 56.5 Å². The van der Waals surface area contributed by atoms with Crippen LogP contribution in [0, 0.1) is 5.21 Å². The molecule has 1 unspecified atom stereocenters. The number of aromatic nitrogens is 1. The number of fused-ring (bicyclic) bond motifs is 3. The van der Waals surface area contributed by atoms with Gasteiger partial charge in [0.25, 0.3) is 5.71 Å². The Bertz CT molecular complexity index is 963. The van der Waals surface area contributed by atoms with Crippen molar-refractivity contribution in [2.75, 3.05) is 13.1 Å². The molecule has 0 aliphatic carbocycles. The van der Waals surface area contributed by atoms with Gasteiger partial charge in [0.05, 0.1) is 4.90 Å². The van der Waals surface area contributed by atoms with Crippen LogP contribution >= 0.6 is 0 Å². The molecule has 4 rings (SSSR count). The van der Waals surface area contributed by atoms with Gasteiger partial charge in [0.15, 0.2) is 0 Å². The summed E-state index contributed by atoms with van der Waals surface area (Å²) >= 11 is 0. The SMILES string of the molecule is CCN(CC)C1=C(C)C2C(=[N+]([O-])O1)C(C)=Cc1cc(-c3ccccc3)cn12. The Morgan fingerprint density at radius 1 is 1.11 bits per heavy atom. The van der Waals surface area contributed by atoms with Crippen LogP contribution in [-0.4, -0.2) is 33.2 Å². The fourth-order valence-electron chi connectivity index (χ4n) is 4.06. The number of hydrogen-bond donors (Lipinski definition) is 0. The summed E-state index contributed by atoms with van der Waals surface area (Å²) in [5.41, 5.74) is 6.09. The normalized spacial score (nSPS) is 18.7. The Morgan fingerprint density at radius 2 is 1.81 bits per heavy atom. The van der Waals surface area contributed by atoms with E-state index in [1.165, 1.54) is 5.56 Å². The highest BCUT2D eigenvalue weighted by Gasteiger charge is 2.40. The zero-order valence-electron chi connectivity index (χ0n) is 16.3. The molecule has 27 heavy (non-hydrogen) atoms. The highest BCUT2D eigenvalue weighted by atomic mass is 16.9. The first-order chi connectivity index (χ1) is 13.0. The van der Waals surface area contributed by atoms with Gasteiger partial charge in [-0.3, -0.25) is 5.21 Å². The molecule has 0 amide bonds. The molecular weight excluding hydrogens is 338 g/mol. The minimum Gasteiger partial charge on any atom is -0.362 e. The average Bonchev–Trinajstić information content (AvgIpc) is 3.10. The van der Waals surface area contributed by atoms with Crippen molar-refractivity contribution in [3.8, 4) is 11.1 Å². The summed E-state index contributed by atoms with van der Waals surface area (Å²) < 4.78 is 2.19. The average molecular weight is 363 g/mol. The summed E-state index contributed by atoms with van der Waals surface area (Å²) in [5.74, 6) is 0.666. The van der Waals surface area contributed by atoms with E-state index in [0.717, 1.165) is 35.5 Å². The van der Waals surface area contributed by atoms with E-state index >= 15 is 0 Å². The first-order valence-corrected chi connectivity index (χ1v) is 9.48. The summed E-state index contributed by atoms with van der Waals surface area (Å²) in [4.78, 5) is 8.47. The van der Waals surface area contributed by atoms with Crippen LogP contribution in [-0.2, 0) is 4.84 Å². The first-order valence-electron chi connectivity index (χ1n) is 9.48. The van der Waals surface area contributed by atoms with E-state index in [1.807, 2.05) is 25.1 Å². The lowest BCUT2D eigenvalue weighted by atomic mass is 9.93. The van der Waals surface area contributed by atoms with Gasteiger partial charge >= 0.3 is 0 Å². The van der Waals surface area contributed by atoms with Gasteiger partial charge in [0, 0.05) is 30.6 Å². The molecule has 0 radical (unpaired) electrons. The molecule has 0 spiro atoms. The predicted octanol–water partition coefficient (Wildman–Crippen LogP) is 4.58. The Labute approximate surface area is 160 Å². The molecule has 2 aromatic rings. The Balaban J connectivity index is 1.87. The molecule has 2 aliphatic heterocycles. The third-order valence-electron chi connectivity index (χ3n) is 5.46. The maximum Gasteiger partial charge on any atom is 0.275 e. The van der Waals surface area contributed by atoms with Crippen molar-refractivity contribution in [2.45, 2.75) is 33.7 Å². The van der Waals surface area contributed by atoms with Crippen LogP contribution in [0.1, 0.15) is 39.4 Å². The van der Waals surface area contributed by atoms with Gasteiger partial charge in [-0.15, -0.1) is 0 Å². The van der Waals surface area contributed by atoms with Crippen molar-refractivity contribution in [1.29, 1.82) is 0 Å². The molecule has 1 aromatic heterocycles. The molecule has 0 saturated heterocycles. The summed E-state index contributed by atoms with van der Waals surface area (Å²) in [7, 11) is 0. The largest absolute Gasteiger partial charge is 0.362 e. The third kappa shape index (κ3) is 2.74. The van der Waals surface area contributed by atoms with E-state index < -0.39 is 0 Å². The lowest BCUT2D eigenvalue weighted by molar-refractivity contribution is -0.733.